The first-order chi connectivity index (χ1) is 11.9. The van der Waals surface area contributed by atoms with Crippen molar-refractivity contribution in [3.8, 4) is 0 Å². The van der Waals surface area contributed by atoms with Crippen LogP contribution in [0.3, 0.4) is 0 Å². The Labute approximate surface area is 179 Å². The maximum Gasteiger partial charge on any atom is 0 e. The van der Waals surface area contributed by atoms with E-state index in [0.717, 1.165) is 6.42 Å². The van der Waals surface area contributed by atoms with E-state index in [1.54, 1.807) is 0 Å². The zero-order chi connectivity index (χ0) is 16.9. The molecule has 0 aliphatic carbocycles. The summed E-state index contributed by atoms with van der Waals surface area (Å²) in [5.74, 6) is 0. The second kappa shape index (κ2) is 15.4. The molecule has 0 bridgehead atoms. The van der Waals surface area contributed by atoms with Crippen LogP contribution in [0.1, 0.15) is 24.5 Å². The summed E-state index contributed by atoms with van der Waals surface area (Å²) in [6.07, 6.45) is 3.36. The normalized spacial score (nSPS) is 8.50. The van der Waals surface area contributed by atoms with Crippen molar-refractivity contribution in [3.05, 3.63) is 126 Å². The van der Waals surface area contributed by atoms with Crippen molar-refractivity contribution in [1.29, 1.82) is 0 Å². The van der Waals surface area contributed by atoms with E-state index in [1.807, 2.05) is 60.7 Å². The van der Waals surface area contributed by atoms with Crippen molar-refractivity contribution in [2.24, 2.45) is 0 Å². The fraction of sp³-hybridized carbons (Fsp3) is 0.0833. The van der Waals surface area contributed by atoms with Crippen LogP contribution in [0.4, 0.5) is 0 Å². The van der Waals surface area contributed by atoms with Gasteiger partial charge in [-0.05, 0) is 0 Å². The molecule has 0 saturated carbocycles. The molecule has 0 saturated heterocycles. The minimum Gasteiger partial charge on any atom is -0.748 e. The van der Waals surface area contributed by atoms with Crippen LogP contribution in [-0.4, -0.2) is 0 Å². The van der Waals surface area contributed by atoms with Gasteiger partial charge in [-0.3, -0.25) is 0 Å². The van der Waals surface area contributed by atoms with Crippen molar-refractivity contribution in [2.75, 3.05) is 0 Å². The number of hydrogen-bond donors (Lipinski definition) is 0. The average molecular weight is 424 g/mol. The van der Waals surface area contributed by atoms with Gasteiger partial charge in [0, 0.05) is 34.1 Å². The molecule has 0 atom stereocenters. The Morgan fingerprint density at radius 3 is 1.35 bits per heavy atom. The molecule has 0 nitrogen and oxygen atoms in total. The summed E-state index contributed by atoms with van der Waals surface area (Å²) in [6, 6.07) is 37.0. The standard InChI is InChI=1S/C14H14.2C5H5.2Fe/c1-2-7-14(12-8-3-4-9-12)13-10-5-6-11-13;2*1-2-4-5-3-1;;/h3-11H,2H2,1H3;2*1-5H;;/q-2;-5;-1;;. The molecule has 0 aromatic heterocycles. The molecular formula is C24H24Fe2-8. The van der Waals surface area contributed by atoms with Gasteiger partial charge in [0.1, 0.15) is 0 Å². The summed E-state index contributed by atoms with van der Waals surface area (Å²) in [5.41, 5.74) is 3.98. The van der Waals surface area contributed by atoms with Crippen LogP contribution in [0.15, 0.2) is 115 Å². The quantitative estimate of drug-likeness (QED) is 0.252. The van der Waals surface area contributed by atoms with Gasteiger partial charge in [0.15, 0.2) is 0 Å². The summed E-state index contributed by atoms with van der Waals surface area (Å²) in [4.78, 5) is 0. The SMILES string of the molecule is CCC=C([c-]1cccc1)[c-]1cccc1.[Fe].[Fe].[cH-]1[cH-][cH-][cH-][cH-]1.c1cc[cH-]c1. The van der Waals surface area contributed by atoms with Crippen LogP contribution in [0, 0.1) is 0 Å². The Morgan fingerprint density at radius 1 is 0.692 bits per heavy atom. The maximum atomic E-state index is 2.28. The molecule has 4 rings (SSSR count). The first kappa shape index (κ1) is 24.2. The zero-order valence-corrected chi connectivity index (χ0v) is 17.1. The molecule has 26 heavy (non-hydrogen) atoms. The second-order valence-electron chi connectivity index (χ2n) is 5.30. The van der Waals surface area contributed by atoms with Crippen LogP contribution in [0.25, 0.3) is 5.57 Å². The summed E-state index contributed by atoms with van der Waals surface area (Å²) >= 11 is 0. The summed E-state index contributed by atoms with van der Waals surface area (Å²) in [7, 11) is 0. The van der Waals surface area contributed by atoms with Gasteiger partial charge in [-0.1, -0.05) is 25.5 Å². The van der Waals surface area contributed by atoms with Gasteiger partial charge in [0.05, 0.1) is 0 Å². The molecule has 4 aromatic carbocycles. The summed E-state index contributed by atoms with van der Waals surface area (Å²) in [5, 5.41) is 0. The van der Waals surface area contributed by atoms with Crippen molar-refractivity contribution in [3.63, 3.8) is 0 Å². The third-order valence-electron chi connectivity index (χ3n) is 3.47. The van der Waals surface area contributed by atoms with E-state index in [2.05, 4.69) is 61.5 Å². The molecule has 0 spiro atoms. The molecule has 144 valence electrons. The minimum atomic E-state index is 0. The van der Waals surface area contributed by atoms with Crippen LogP contribution in [-0.2, 0) is 34.1 Å². The molecule has 2 heteroatoms. The van der Waals surface area contributed by atoms with Crippen molar-refractivity contribution in [1.82, 2.24) is 0 Å². The van der Waals surface area contributed by atoms with Crippen molar-refractivity contribution in [2.45, 2.75) is 13.3 Å². The smallest absolute Gasteiger partial charge is 0 e. The summed E-state index contributed by atoms with van der Waals surface area (Å²) in [6.45, 7) is 2.17. The van der Waals surface area contributed by atoms with Crippen molar-refractivity contribution >= 4 is 5.57 Å². The van der Waals surface area contributed by atoms with E-state index in [-0.39, 0.29) is 34.1 Å². The molecule has 4 aromatic rings. The first-order valence-corrected chi connectivity index (χ1v) is 8.39. The van der Waals surface area contributed by atoms with Gasteiger partial charge >= 0.3 is 0 Å². The topological polar surface area (TPSA) is 0 Å². The molecule has 0 aliphatic rings. The van der Waals surface area contributed by atoms with Gasteiger partial charge < -0.3 is 30.3 Å². The second-order valence-corrected chi connectivity index (χ2v) is 5.30. The summed E-state index contributed by atoms with van der Waals surface area (Å²) < 4.78 is 0. The molecule has 0 fully saturated rings. The molecular weight excluding hydrogens is 400 g/mol. The predicted octanol–water partition coefficient (Wildman–Crippen LogP) is 6.77. The molecule has 0 aliphatic heterocycles. The van der Waals surface area contributed by atoms with E-state index in [0.29, 0.717) is 0 Å². The molecule has 0 unspecified atom stereocenters. The van der Waals surface area contributed by atoms with E-state index in [4.69, 9.17) is 0 Å². The third kappa shape index (κ3) is 9.04. The van der Waals surface area contributed by atoms with Gasteiger partial charge in [-0.15, -0.1) is 17.7 Å². The molecule has 0 N–H and O–H groups in total. The van der Waals surface area contributed by atoms with Crippen LogP contribution < -0.4 is 0 Å². The van der Waals surface area contributed by atoms with E-state index in [1.165, 1.54) is 16.7 Å². The number of rotatable bonds is 3. The average Bonchev–Trinajstić information content (AvgIpc) is 3.43. The molecule has 0 heterocycles. The number of hydrogen-bond acceptors (Lipinski definition) is 0. The Kier molecular flexibility index (Phi) is 14.4. The Morgan fingerprint density at radius 2 is 1.08 bits per heavy atom. The van der Waals surface area contributed by atoms with E-state index >= 15 is 0 Å². The fourth-order valence-corrected chi connectivity index (χ4v) is 2.36. The van der Waals surface area contributed by atoms with Crippen LogP contribution in [0.2, 0.25) is 0 Å². The number of allylic oxidation sites excluding steroid dienone is 1. The minimum absolute atomic E-state index is 0. The zero-order valence-electron chi connectivity index (χ0n) is 14.9. The monoisotopic (exact) mass is 424 g/mol. The van der Waals surface area contributed by atoms with Crippen LogP contribution in [0.5, 0.6) is 0 Å². The third-order valence-corrected chi connectivity index (χ3v) is 3.47. The molecule has 0 radical (unpaired) electrons. The van der Waals surface area contributed by atoms with Crippen LogP contribution >= 0.6 is 0 Å². The molecule has 0 amide bonds. The fourth-order valence-electron chi connectivity index (χ4n) is 2.36. The largest absolute Gasteiger partial charge is 0.748 e. The predicted molar refractivity (Wildman–Crippen MR) is 106 cm³/mol. The van der Waals surface area contributed by atoms with Crippen molar-refractivity contribution < 1.29 is 34.1 Å². The van der Waals surface area contributed by atoms with Gasteiger partial charge in [0.25, 0.3) is 0 Å². The Bertz CT molecular complexity index is 629. The van der Waals surface area contributed by atoms with E-state index in [9.17, 15) is 0 Å². The van der Waals surface area contributed by atoms with Gasteiger partial charge in [-0.25, -0.2) is 48.0 Å². The first-order valence-electron chi connectivity index (χ1n) is 8.39. The Hall–Kier alpha value is -1.82. The Balaban J connectivity index is 0.000000432. The van der Waals surface area contributed by atoms with E-state index < -0.39 is 0 Å². The van der Waals surface area contributed by atoms with Gasteiger partial charge in [0.2, 0.25) is 0 Å². The van der Waals surface area contributed by atoms with Gasteiger partial charge in [-0.2, -0.15) is 23.8 Å². The maximum absolute atomic E-state index is 2.28.